The molecule has 2 amide bonds. The topological polar surface area (TPSA) is 80.4 Å². The fourth-order valence-electron chi connectivity index (χ4n) is 2.71. The van der Waals surface area contributed by atoms with E-state index >= 15 is 0 Å². The second-order valence-electron chi connectivity index (χ2n) is 5.59. The van der Waals surface area contributed by atoms with Crippen LogP contribution in [-0.2, 0) is 11.8 Å². The summed E-state index contributed by atoms with van der Waals surface area (Å²) in [6, 6.07) is 3.78. The number of carbonyl (C=O) groups excluding carboxylic acids is 2. The summed E-state index contributed by atoms with van der Waals surface area (Å²) >= 11 is 0. The van der Waals surface area contributed by atoms with Gasteiger partial charge >= 0.3 is 0 Å². The Kier molecular flexibility index (Phi) is 6.90. The molecule has 1 fully saturated rings. The van der Waals surface area contributed by atoms with E-state index in [2.05, 4.69) is 5.32 Å². The molecule has 0 radical (unpaired) electrons. The molecule has 6 nitrogen and oxygen atoms in total. The lowest BCUT2D eigenvalue weighted by Crippen LogP contribution is -2.46. The lowest BCUT2D eigenvalue weighted by molar-refractivity contribution is -0.126. The number of aromatic nitrogens is 1. The van der Waals surface area contributed by atoms with E-state index in [4.69, 9.17) is 5.73 Å². The average molecular weight is 329 g/mol. The van der Waals surface area contributed by atoms with Crippen LogP contribution >= 0.6 is 12.4 Å². The molecule has 3 N–H and O–H groups in total. The van der Waals surface area contributed by atoms with Gasteiger partial charge in [-0.1, -0.05) is 0 Å². The highest BCUT2D eigenvalue weighted by Crippen LogP contribution is 2.19. The molecule has 1 aromatic heterocycles. The van der Waals surface area contributed by atoms with Crippen molar-refractivity contribution in [2.24, 2.45) is 18.7 Å². The number of carbonyl (C=O) groups is 2. The van der Waals surface area contributed by atoms with Gasteiger partial charge in [0.2, 0.25) is 5.91 Å². The van der Waals surface area contributed by atoms with Gasteiger partial charge in [-0.05, 0) is 31.9 Å². The van der Waals surface area contributed by atoms with Crippen LogP contribution in [0.4, 0.5) is 0 Å². The molecule has 0 saturated carbocycles. The number of hydrogen-bond donors (Lipinski definition) is 2. The molecule has 124 valence electrons. The Morgan fingerprint density at radius 3 is 2.73 bits per heavy atom. The van der Waals surface area contributed by atoms with E-state index in [1.807, 2.05) is 30.7 Å². The molecule has 1 unspecified atom stereocenters. The number of nitrogens with zero attached hydrogens (tertiary/aromatic N) is 2. The lowest BCUT2D eigenvalue weighted by atomic mass is 9.97. The summed E-state index contributed by atoms with van der Waals surface area (Å²) in [7, 11) is 1.89. The number of rotatable bonds is 4. The van der Waals surface area contributed by atoms with Crippen molar-refractivity contribution in [3.63, 3.8) is 0 Å². The Hall–Kier alpha value is -1.53. The molecule has 0 aromatic carbocycles. The van der Waals surface area contributed by atoms with E-state index in [1.54, 1.807) is 4.90 Å². The number of piperidine rings is 1. The quantitative estimate of drug-likeness (QED) is 0.853. The van der Waals surface area contributed by atoms with Crippen LogP contribution in [0.1, 0.15) is 29.0 Å². The van der Waals surface area contributed by atoms with Gasteiger partial charge in [-0.25, -0.2) is 0 Å². The van der Waals surface area contributed by atoms with E-state index in [1.165, 1.54) is 0 Å². The molecule has 1 aliphatic heterocycles. The number of amides is 2. The summed E-state index contributed by atoms with van der Waals surface area (Å²) < 4.78 is 1.89. The molecule has 22 heavy (non-hydrogen) atoms. The molecule has 2 rings (SSSR count). The zero-order valence-electron chi connectivity index (χ0n) is 13.2. The van der Waals surface area contributed by atoms with Crippen LogP contribution in [0, 0.1) is 12.8 Å². The van der Waals surface area contributed by atoms with Gasteiger partial charge in [0.05, 0.1) is 5.92 Å². The summed E-state index contributed by atoms with van der Waals surface area (Å²) in [6.45, 7) is 4.09. The summed E-state index contributed by atoms with van der Waals surface area (Å²) in [4.78, 5) is 26.4. The fraction of sp³-hybridized carbons (Fsp3) is 0.600. The van der Waals surface area contributed by atoms with Crippen molar-refractivity contribution in [1.29, 1.82) is 0 Å². The highest BCUT2D eigenvalue weighted by Gasteiger charge is 2.29. The first-order valence-corrected chi connectivity index (χ1v) is 7.44. The van der Waals surface area contributed by atoms with Crippen molar-refractivity contribution in [2.45, 2.75) is 19.8 Å². The first kappa shape index (κ1) is 18.5. The predicted octanol–water partition coefficient (Wildman–Crippen LogP) is 0.682. The Balaban J connectivity index is 0.00000242. The molecule has 1 aliphatic rings. The van der Waals surface area contributed by atoms with E-state index in [0.29, 0.717) is 31.9 Å². The second-order valence-corrected chi connectivity index (χ2v) is 5.59. The van der Waals surface area contributed by atoms with Crippen LogP contribution in [0.15, 0.2) is 12.1 Å². The minimum atomic E-state index is -0.129. The van der Waals surface area contributed by atoms with Crippen molar-refractivity contribution in [3.8, 4) is 0 Å². The Labute approximate surface area is 137 Å². The van der Waals surface area contributed by atoms with Gasteiger partial charge in [-0.2, -0.15) is 0 Å². The Morgan fingerprint density at radius 1 is 1.41 bits per heavy atom. The summed E-state index contributed by atoms with van der Waals surface area (Å²) in [5.41, 5.74) is 7.12. The van der Waals surface area contributed by atoms with Gasteiger partial charge in [0.25, 0.3) is 5.91 Å². The van der Waals surface area contributed by atoms with Crippen molar-refractivity contribution in [2.75, 3.05) is 26.2 Å². The number of nitrogens with two attached hydrogens (primary N) is 1. The standard InChI is InChI=1S/C15H24N4O2.ClH/c1-11-5-6-13(18(11)2)15(21)19-9-3-4-12(10-19)14(20)17-8-7-16;/h5-6,12H,3-4,7-10,16H2,1-2H3,(H,17,20);1H. The molecule has 1 saturated heterocycles. The first-order valence-electron chi connectivity index (χ1n) is 7.44. The van der Waals surface area contributed by atoms with Gasteiger partial charge in [-0.15, -0.1) is 12.4 Å². The SMILES string of the molecule is Cc1ccc(C(=O)N2CCCC(C(=O)NCCN)C2)n1C.Cl. The van der Waals surface area contributed by atoms with E-state index in [9.17, 15) is 9.59 Å². The monoisotopic (exact) mass is 328 g/mol. The normalized spacial score (nSPS) is 17.8. The molecule has 0 aliphatic carbocycles. The second kappa shape index (κ2) is 8.19. The molecule has 2 heterocycles. The molecule has 0 spiro atoms. The lowest BCUT2D eigenvalue weighted by Gasteiger charge is -2.32. The third-order valence-electron chi connectivity index (χ3n) is 4.11. The van der Waals surface area contributed by atoms with E-state index in [0.717, 1.165) is 18.5 Å². The minimum Gasteiger partial charge on any atom is -0.355 e. The minimum absolute atomic E-state index is 0. The van der Waals surface area contributed by atoms with Gasteiger partial charge < -0.3 is 20.5 Å². The van der Waals surface area contributed by atoms with Crippen LogP contribution in [0.2, 0.25) is 0 Å². The van der Waals surface area contributed by atoms with E-state index < -0.39 is 0 Å². The van der Waals surface area contributed by atoms with Crippen LogP contribution in [0.3, 0.4) is 0 Å². The largest absolute Gasteiger partial charge is 0.355 e. The van der Waals surface area contributed by atoms with Crippen LogP contribution in [0.5, 0.6) is 0 Å². The zero-order chi connectivity index (χ0) is 15.4. The molecular weight excluding hydrogens is 304 g/mol. The number of aryl methyl sites for hydroxylation is 1. The summed E-state index contributed by atoms with van der Waals surface area (Å²) in [5, 5.41) is 2.81. The van der Waals surface area contributed by atoms with Gasteiger partial charge in [0.15, 0.2) is 0 Å². The maximum atomic E-state index is 12.6. The maximum Gasteiger partial charge on any atom is 0.270 e. The molecule has 1 aromatic rings. The zero-order valence-corrected chi connectivity index (χ0v) is 14.0. The summed E-state index contributed by atoms with van der Waals surface area (Å²) in [6.07, 6.45) is 1.68. The number of nitrogens with one attached hydrogen (secondary N) is 1. The third kappa shape index (κ3) is 4.01. The number of likely N-dealkylation sites (tertiary alicyclic amines) is 1. The first-order chi connectivity index (χ1) is 10.0. The average Bonchev–Trinajstić information content (AvgIpc) is 2.84. The smallest absolute Gasteiger partial charge is 0.270 e. The van der Waals surface area contributed by atoms with Gasteiger partial charge in [-0.3, -0.25) is 9.59 Å². The highest BCUT2D eigenvalue weighted by atomic mass is 35.5. The van der Waals surface area contributed by atoms with Gasteiger partial charge in [0.1, 0.15) is 5.69 Å². The molecule has 1 atom stereocenters. The number of halogens is 1. The molecular formula is C15H25ClN4O2. The Morgan fingerprint density at radius 2 is 2.14 bits per heavy atom. The number of hydrogen-bond acceptors (Lipinski definition) is 3. The van der Waals surface area contributed by atoms with Crippen LogP contribution < -0.4 is 11.1 Å². The van der Waals surface area contributed by atoms with Gasteiger partial charge in [0, 0.05) is 38.9 Å². The van der Waals surface area contributed by atoms with E-state index in [-0.39, 0.29) is 30.1 Å². The predicted molar refractivity (Wildman–Crippen MR) is 88.1 cm³/mol. The van der Waals surface area contributed by atoms with Crippen molar-refractivity contribution in [1.82, 2.24) is 14.8 Å². The summed E-state index contributed by atoms with van der Waals surface area (Å²) in [5.74, 6) is -0.126. The van der Waals surface area contributed by atoms with Crippen LogP contribution in [0.25, 0.3) is 0 Å². The van der Waals surface area contributed by atoms with Crippen molar-refractivity contribution >= 4 is 24.2 Å². The highest BCUT2D eigenvalue weighted by molar-refractivity contribution is 5.93. The Bertz CT molecular complexity index is 530. The van der Waals surface area contributed by atoms with Crippen LogP contribution in [-0.4, -0.2) is 47.5 Å². The molecule has 7 heteroatoms. The van der Waals surface area contributed by atoms with Crippen molar-refractivity contribution < 1.29 is 9.59 Å². The van der Waals surface area contributed by atoms with Crippen molar-refractivity contribution in [3.05, 3.63) is 23.5 Å². The third-order valence-corrected chi connectivity index (χ3v) is 4.11. The fourth-order valence-corrected chi connectivity index (χ4v) is 2.71. The maximum absolute atomic E-state index is 12.6. The molecule has 0 bridgehead atoms.